The quantitative estimate of drug-likeness (QED) is 0.805. The highest BCUT2D eigenvalue weighted by Crippen LogP contribution is 2.26. The fraction of sp³-hybridized carbons (Fsp3) is 0.294. The minimum atomic E-state index is -3.82. The monoisotopic (exact) mass is 304 g/mol. The maximum Gasteiger partial charge on any atom is 0.339 e. The van der Waals surface area contributed by atoms with Gasteiger partial charge in [-0.05, 0) is 80.6 Å². The zero-order valence-corrected chi connectivity index (χ0v) is 13.8. The van der Waals surface area contributed by atoms with Crippen molar-refractivity contribution in [2.24, 2.45) is 0 Å². The van der Waals surface area contributed by atoms with Crippen molar-refractivity contribution in [3.63, 3.8) is 0 Å². The van der Waals surface area contributed by atoms with E-state index in [0.717, 1.165) is 27.8 Å². The molecule has 21 heavy (non-hydrogen) atoms. The zero-order chi connectivity index (χ0) is 15.8. The molecule has 0 aliphatic rings. The van der Waals surface area contributed by atoms with E-state index in [0.29, 0.717) is 5.75 Å². The van der Waals surface area contributed by atoms with E-state index in [4.69, 9.17) is 4.18 Å². The van der Waals surface area contributed by atoms with Gasteiger partial charge in [0.25, 0.3) is 0 Å². The van der Waals surface area contributed by atoms with Gasteiger partial charge in [-0.25, -0.2) is 0 Å². The molecule has 4 heteroatoms. The Hall–Kier alpha value is -1.81. The summed E-state index contributed by atoms with van der Waals surface area (Å²) < 4.78 is 30.3. The van der Waals surface area contributed by atoms with E-state index in [2.05, 4.69) is 0 Å². The third kappa shape index (κ3) is 3.27. The first-order chi connectivity index (χ1) is 9.70. The van der Waals surface area contributed by atoms with Crippen molar-refractivity contribution in [1.82, 2.24) is 0 Å². The number of hydrogen-bond donors (Lipinski definition) is 0. The molecule has 0 spiro atoms. The van der Waals surface area contributed by atoms with Crippen LogP contribution in [0.5, 0.6) is 5.75 Å². The minimum absolute atomic E-state index is 0.227. The van der Waals surface area contributed by atoms with Gasteiger partial charge in [-0.1, -0.05) is 12.1 Å². The first kappa shape index (κ1) is 15.6. The second kappa shape index (κ2) is 5.53. The van der Waals surface area contributed by atoms with Crippen LogP contribution < -0.4 is 4.18 Å². The maximum atomic E-state index is 12.5. The molecular weight excluding hydrogens is 284 g/mol. The molecule has 0 aliphatic heterocycles. The van der Waals surface area contributed by atoms with E-state index < -0.39 is 10.1 Å². The molecule has 0 unspecified atom stereocenters. The Balaban J connectivity index is 2.46. The number of benzene rings is 2. The Morgan fingerprint density at radius 2 is 1.38 bits per heavy atom. The molecular formula is C17H20O3S. The zero-order valence-electron chi connectivity index (χ0n) is 13.0. The van der Waals surface area contributed by atoms with Crippen LogP contribution in [0.1, 0.15) is 27.8 Å². The lowest BCUT2D eigenvalue weighted by atomic mass is 10.1. The molecule has 0 atom stereocenters. The van der Waals surface area contributed by atoms with Gasteiger partial charge in [-0.15, -0.1) is 0 Å². The molecule has 0 amide bonds. The first-order valence-electron chi connectivity index (χ1n) is 6.80. The van der Waals surface area contributed by atoms with Crippen LogP contribution in [0.25, 0.3) is 0 Å². The third-order valence-corrected chi connectivity index (χ3v) is 5.07. The van der Waals surface area contributed by atoms with Crippen molar-refractivity contribution in [3.05, 3.63) is 58.1 Å². The Kier molecular flexibility index (Phi) is 4.10. The summed E-state index contributed by atoms with van der Waals surface area (Å²) in [5.41, 5.74) is 4.71. The Bertz CT molecular complexity index is 770. The van der Waals surface area contributed by atoms with Crippen molar-refractivity contribution < 1.29 is 12.6 Å². The average molecular weight is 304 g/mol. The molecule has 112 valence electrons. The van der Waals surface area contributed by atoms with E-state index in [1.54, 1.807) is 31.2 Å². The van der Waals surface area contributed by atoms with Gasteiger partial charge in [0.2, 0.25) is 0 Å². The third-order valence-electron chi connectivity index (χ3n) is 3.68. The van der Waals surface area contributed by atoms with E-state index in [9.17, 15) is 8.42 Å². The molecule has 0 radical (unpaired) electrons. The predicted molar refractivity (Wildman–Crippen MR) is 84.4 cm³/mol. The molecule has 0 fully saturated rings. The fourth-order valence-corrected chi connectivity index (χ4v) is 3.56. The molecule has 2 aromatic carbocycles. The number of hydrogen-bond acceptors (Lipinski definition) is 3. The molecule has 0 aromatic heterocycles. The summed E-state index contributed by atoms with van der Waals surface area (Å²) in [7, 11) is -3.82. The predicted octanol–water partition coefficient (Wildman–Crippen LogP) is 4.00. The molecule has 0 bridgehead atoms. The maximum absolute atomic E-state index is 12.5. The fourth-order valence-electron chi connectivity index (χ4n) is 2.35. The summed E-state index contributed by atoms with van der Waals surface area (Å²) in [6.45, 7) is 9.51. The lowest BCUT2D eigenvalue weighted by Gasteiger charge is -2.13. The standard InChI is InChI=1S/C17H20O3S/c1-11-8-12(2)10-16(9-11)20-21(18,19)17-7-6-13(3)14(4)15(17)5/h6-10H,1-5H3. The molecule has 0 saturated heterocycles. The second-order valence-electron chi connectivity index (χ2n) is 5.49. The highest BCUT2D eigenvalue weighted by atomic mass is 32.2. The van der Waals surface area contributed by atoms with Crippen LogP contribution >= 0.6 is 0 Å². The lowest BCUT2D eigenvalue weighted by Crippen LogP contribution is -2.12. The number of aryl methyl sites for hydroxylation is 3. The highest BCUT2D eigenvalue weighted by Gasteiger charge is 2.21. The molecule has 0 saturated carbocycles. The van der Waals surface area contributed by atoms with Crippen LogP contribution in [0.2, 0.25) is 0 Å². The van der Waals surface area contributed by atoms with Crippen molar-refractivity contribution in [3.8, 4) is 5.75 Å². The summed E-state index contributed by atoms with van der Waals surface area (Å²) in [6.07, 6.45) is 0. The van der Waals surface area contributed by atoms with Crippen LogP contribution in [0.4, 0.5) is 0 Å². The van der Waals surface area contributed by atoms with Gasteiger partial charge in [0.05, 0.1) is 0 Å². The van der Waals surface area contributed by atoms with E-state index >= 15 is 0 Å². The van der Waals surface area contributed by atoms with Crippen molar-refractivity contribution >= 4 is 10.1 Å². The SMILES string of the molecule is Cc1cc(C)cc(OS(=O)(=O)c2ccc(C)c(C)c2C)c1. The van der Waals surface area contributed by atoms with Crippen LogP contribution in [-0.2, 0) is 10.1 Å². The molecule has 0 aliphatic carbocycles. The summed E-state index contributed by atoms with van der Waals surface area (Å²) >= 11 is 0. The first-order valence-corrected chi connectivity index (χ1v) is 8.21. The normalized spacial score (nSPS) is 11.5. The summed E-state index contributed by atoms with van der Waals surface area (Å²) in [4.78, 5) is 0.227. The van der Waals surface area contributed by atoms with Crippen LogP contribution in [0.3, 0.4) is 0 Å². The van der Waals surface area contributed by atoms with Crippen LogP contribution in [0, 0.1) is 34.6 Å². The second-order valence-corrected chi connectivity index (χ2v) is 7.01. The lowest BCUT2D eigenvalue weighted by molar-refractivity contribution is 0.485. The van der Waals surface area contributed by atoms with Gasteiger partial charge in [0, 0.05) is 0 Å². The van der Waals surface area contributed by atoms with Gasteiger partial charge >= 0.3 is 10.1 Å². The van der Waals surface area contributed by atoms with Crippen molar-refractivity contribution in [2.75, 3.05) is 0 Å². The summed E-state index contributed by atoms with van der Waals surface area (Å²) in [5, 5.41) is 0. The van der Waals surface area contributed by atoms with Crippen LogP contribution in [0.15, 0.2) is 35.2 Å². The van der Waals surface area contributed by atoms with Gasteiger partial charge in [0.1, 0.15) is 10.6 Å². The molecule has 2 rings (SSSR count). The topological polar surface area (TPSA) is 43.4 Å². The molecule has 2 aromatic rings. The van der Waals surface area contributed by atoms with Crippen molar-refractivity contribution in [2.45, 2.75) is 39.5 Å². The summed E-state index contributed by atoms with van der Waals surface area (Å²) in [5.74, 6) is 0.352. The molecule has 0 N–H and O–H groups in total. The molecule has 0 heterocycles. The van der Waals surface area contributed by atoms with Gasteiger partial charge in [0.15, 0.2) is 0 Å². The van der Waals surface area contributed by atoms with Gasteiger partial charge < -0.3 is 4.18 Å². The number of rotatable bonds is 3. The van der Waals surface area contributed by atoms with E-state index in [1.165, 1.54) is 0 Å². The summed E-state index contributed by atoms with van der Waals surface area (Å²) in [6, 6.07) is 8.83. The van der Waals surface area contributed by atoms with E-state index in [1.807, 2.05) is 33.8 Å². The minimum Gasteiger partial charge on any atom is -0.379 e. The average Bonchev–Trinajstić information content (AvgIpc) is 2.33. The molecule has 3 nitrogen and oxygen atoms in total. The van der Waals surface area contributed by atoms with Crippen molar-refractivity contribution in [1.29, 1.82) is 0 Å². The Morgan fingerprint density at radius 1 is 0.810 bits per heavy atom. The van der Waals surface area contributed by atoms with Crippen LogP contribution in [-0.4, -0.2) is 8.42 Å². The van der Waals surface area contributed by atoms with Gasteiger partial charge in [-0.3, -0.25) is 0 Å². The smallest absolute Gasteiger partial charge is 0.339 e. The van der Waals surface area contributed by atoms with Gasteiger partial charge in [-0.2, -0.15) is 8.42 Å². The van der Waals surface area contributed by atoms with E-state index in [-0.39, 0.29) is 4.90 Å². The Morgan fingerprint density at radius 3 is 1.95 bits per heavy atom. The largest absolute Gasteiger partial charge is 0.379 e. The Labute approximate surface area is 126 Å². The highest BCUT2D eigenvalue weighted by molar-refractivity contribution is 7.87.